The number of ether oxygens (including phenoxy) is 1. The smallest absolute Gasteiger partial charge is 0.407 e. The number of amides is 1. The Morgan fingerprint density at radius 3 is 2.40 bits per heavy atom. The van der Waals surface area contributed by atoms with Crippen molar-refractivity contribution in [2.24, 2.45) is 0 Å². The molecule has 25 heavy (non-hydrogen) atoms. The molecule has 0 saturated heterocycles. The summed E-state index contributed by atoms with van der Waals surface area (Å²) in [4.78, 5) is 25.0. The zero-order valence-corrected chi connectivity index (χ0v) is 15.0. The number of alkyl carbamates (subject to hydrolysis) is 1. The standard InChI is InChI=1S/C19H28N2O4/c1-14(2)21(12-18(22)23)17-10-8-16(9-11-17)20-19(24)25-13-15-6-4-3-5-7-15/h3-7,14,16-17H,8-13H2,1-2H3,(H,20,24)(H,22,23). The van der Waals surface area contributed by atoms with Gasteiger partial charge in [0.25, 0.3) is 0 Å². The molecule has 1 aliphatic carbocycles. The first-order chi connectivity index (χ1) is 12.0. The van der Waals surface area contributed by atoms with Gasteiger partial charge in [-0.3, -0.25) is 9.69 Å². The minimum absolute atomic E-state index is 0.0690. The normalized spacial score (nSPS) is 20.5. The predicted molar refractivity (Wildman–Crippen MR) is 95.3 cm³/mol. The highest BCUT2D eigenvalue weighted by Gasteiger charge is 2.29. The fourth-order valence-electron chi connectivity index (χ4n) is 3.37. The Morgan fingerprint density at radius 1 is 1.20 bits per heavy atom. The third-order valence-corrected chi connectivity index (χ3v) is 4.68. The van der Waals surface area contributed by atoms with Crippen molar-refractivity contribution in [1.82, 2.24) is 10.2 Å². The van der Waals surface area contributed by atoms with Crippen LogP contribution in [0.3, 0.4) is 0 Å². The minimum atomic E-state index is -0.793. The molecule has 0 spiro atoms. The third-order valence-electron chi connectivity index (χ3n) is 4.68. The molecule has 6 nitrogen and oxygen atoms in total. The third kappa shape index (κ3) is 6.38. The number of hydrogen-bond acceptors (Lipinski definition) is 4. The molecule has 2 rings (SSSR count). The van der Waals surface area contributed by atoms with E-state index in [-0.39, 0.29) is 31.3 Å². The first-order valence-electron chi connectivity index (χ1n) is 8.90. The molecule has 2 N–H and O–H groups in total. The predicted octanol–water partition coefficient (Wildman–Crippen LogP) is 3.02. The molecule has 1 aromatic rings. The van der Waals surface area contributed by atoms with Crippen LogP contribution in [0.2, 0.25) is 0 Å². The fraction of sp³-hybridized carbons (Fsp3) is 0.579. The lowest BCUT2D eigenvalue weighted by atomic mass is 9.89. The van der Waals surface area contributed by atoms with E-state index >= 15 is 0 Å². The maximum absolute atomic E-state index is 11.9. The highest BCUT2D eigenvalue weighted by atomic mass is 16.5. The van der Waals surface area contributed by atoms with Crippen molar-refractivity contribution in [2.75, 3.05) is 6.54 Å². The maximum atomic E-state index is 11.9. The number of carboxylic acids is 1. The van der Waals surface area contributed by atoms with Gasteiger partial charge in [0.1, 0.15) is 6.61 Å². The van der Waals surface area contributed by atoms with Crippen LogP contribution in [0.4, 0.5) is 4.79 Å². The first kappa shape index (κ1) is 19.2. The zero-order chi connectivity index (χ0) is 18.2. The van der Waals surface area contributed by atoms with Crippen LogP contribution in [0.1, 0.15) is 45.1 Å². The summed E-state index contributed by atoms with van der Waals surface area (Å²) in [6, 6.07) is 10.1. The van der Waals surface area contributed by atoms with E-state index in [1.807, 2.05) is 49.1 Å². The largest absolute Gasteiger partial charge is 0.480 e. The average molecular weight is 348 g/mol. The van der Waals surface area contributed by atoms with Crippen molar-refractivity contribution in [3.05, 3.63) is 35.9 Å². The van der Waals surface area contributed by atoms with Gasteiger partial charge in [0.2, 0.25) is 0 Å². The van der Waals surface area contributed by atoms with Gasteiger partial charge in [0.15, 0.2) is 0 Å². The SMILES string of the molecule is CC(C)N(CC(=O)O)C1CCC(NC(=O)OCc2ccccc2)CC1. The van der Waals surface area contributed by atoms with Gasteiger partial charge in [-0.2, -0.15) is 0 Å². The summed E-state index contributed by atoms with van der Waals surface area (Å²) in [7, 11) is 0. The summed E-state index contributed by atoms with van der Waals surface area (Å²) in [5.74, 6) is -0.793. The van der Waals surface area contributed by atoms with Crippen LogP contribution in [0.15, 0.2) is 30.3 Å². The van der Waals surface area contributed by atoms with E-state index in [0.717, 1.165) is 31.2 Å². The first-order valence-corrected chi connectivity index (χ1v) is 8.90. The number of carboxylic acid groups (broad SMARTS) is 1. The van der Waals surface area contributed by atoms with Crippen molar-refractivity contribution < 1.29 is 19.4 Å². The molecule has 0 bridgehead atoms. The second-order valence-corrected chi connectivity index (χ2v) is 6.87. The minimum Gasteiger partial charge on any atom is -0.480 e. The summed E-state index contributed by atoms with van der Waals surface area (Å²) in [5, 5.41) is 12.0. The molecule has 1 aliphatic rings. The number of hydrogen-bond donors (Lipinski definition) is 2. The molecule has 1 fully saturated rings. The second-order valence-electron chi connectivity index (χ2n) is 6.87. The maximum Gasteiger partial charge on any atom is 0.407 e. The Bertz CT molecular complexity index is 554. The van der Waals surface area contributed by atoms with Crippen molar-refractivity contribution >= 4 is 12.1 Å². The summed E-state index contributed by atoms with van der Waals surface area (Å²) >= 11 is 0. The van der Waals surface area contributed by atoms with Crippen LogP contribution >= 0.6 is 0 Å². The molecular formula is C19H28N2O4. The Labute approximate surface area is 149 Å². The Balaban J connectivity index is 1.74. The van der Waals surface area contributed by atoms with Gasteiger partial charge in [0, 0.05) is 18.1 Å². The summed E-state index contributed by atoms with van der Waals surface area (Å²) in [6.45, 7) is 4.38. The Kier molecular flexibility index (Phi) is 7.25. The van der Waals surface area contributed by atoms with Crippen molar-refractivity contribution in [3.63, 3.8) is 0 Å². The molecule has 0 aromatic heterocycles. The molecule has 1 amide bonds. The van der Waals surface area contributed by atoms with Crippen LogP contribution < -0.4 is 5.32 Å². The lowest BCUT2D eigenvalue weighted by molar-refractivity contribution is -0.139. The lowest BCUT2D eigenvalue weighted by Gasteiger charge is -2.38. The zero-order valence-electron chi connectivity index (χ0n) is 15.0. The van der Waals surface area contributed by atoms with E-state index in [2.05, 4.69) is 5.32 Å². The van der Waals surface area contributed by atoms with Gasteiger partial charge in [-0.25, -0.2) is 4.79 Å². The van der Waals surface area contributed by atoms with Crippen LogP contribution in [-0.4, -0.2) is 46.7 Å². The van der Waals surface area contributed by atoms with E-state index in [9.17, 15) is 9.59 Å². The van der Waals surface area contributed by atoms with Gasteiger partial charge in [0.05, 0.1) is 6.54 Å². The molecular weight excluding hydrogens is 320 g/mol. The highest BCUT2D eigenvalue weighted by Crippen LogP contribution is 2.24. The molecule has 0 aliphatic heterocycles. The summed E-state index contributed by atoms with van der Waals surface area (Å²) in [5.41, 5.74) is 0.961. The van der Waals surface area contributed by atoms with Crippen molar-refractivity contribution in [3.8, 4) is 0 Å². The number of benzene rings is 1. The second kappa shape index (κ2) is 9.42. The number of aliphatic carboxylic acids is 1. The summed E-state index contributed by atoms with van der Waals surface area (Å²) in [6.07, 6.45) is 3.06. The number of carbonyl (C=O) groups is 2. The fourth-order valence-corrected chi connectivity index (χ4v) is 3.37. The molecule has 0 unspecified atom stereocenters. The molecule has 6 heteroatoms. The number of rotatable bonds is 7. The highest BCUT2D eigenvalue weighted by molar-refractivity contribution is 5.69. The molecule has 0 heterocycles. The van der Waals surface area contributed by atoms with Gasteiger partial charge in [-0.05, 0) is 45.1 Å². The lowest BCUT2D eigenvalue weighted by Crippen LogP contribution is -2.48. The van der Waals surface area contributed by atoms with Crippen molar-refractivity contribution in [1.29, 1.82) is 0 Å². The molecule has 0 atom stereocenters. The van der Waals surface area contributed by atoms with Crippen LogP contribution in [-0.2, 0) is 16.1 Å². The van der Waals surface area contributed by atoms with E-state index in [1.54, 1.807) is 0 Å². The van der Waals surface area contributed by atoms with Gasteiger partial charge in [-0.1, -0.05) is 30.3 Å². The molecule has 1 aromatic carbocycles. The quantitative estimate of drug-likeness (QED) is 0.792. The van der Waals surface area contributed by atoms with Gasteiger partial charge >= 0.3 is 12.1 Å². The van der Waals surface area contributed by atoms with E-state index in [4.69, 9.17) is 9.84 Å². The molecule has 0 radical (unpaired) electrons. The van der Waals surface area contributed by atoms with Crippen molar-refractivity contribution in [2.45, 2.75) is 64.3 Å². The van der Waals surface area contributed by atoms with Crippen LogP contribution in [0, 0.1) is 0 Å². The van der Waals surface area contributed by atoms with Gasteiger partial charge in [-0.15, -0.1) is 0 Å². The topological polar surface area (TPSA) is 78.9 Å². The number of carbonyl (C=O) groups excluding carboxylic acids is 1. The average Bonchev–Trinajstić information content (AvgIpc) is 2.59. The Morgan fingerprint density at radius 2 is 1.84 bits per heavy atom. The summed E-state index contributed by atoms with van der Waals surface area (Å²) < 4.78 is 5.26. The monoisotopic (exact) mass is 348 g/mol. The van der Waals surface area contributed by atoms with Gasteiger partial charge < -0.3 is 15.2 Å². The Hall–Kier alpha value is -2.08. The van der Waals surface area contributed by atoms with E-state index < -0.39 is 12.1 Å². The van der Waals surface area contributed by atoms with E-state index in [1.165, 1.54) is 0 Å². The number of nitrogens with one attached hydrogen (secondary N) is 1. The van der Waals surface area contributed by atoms with Crippen LogP contribution in [0.25, 0.3) is 0 Å². The van der Waals surface area contributed by atoms with Crippen LogP contribution in [0.5, 0.6) is 0 Å². The molecule has 1 saturated carbocycles. The number of nitrogens with zero attached hydrogens (tertiary/aromatic N) is 1. The molecule has 138 valence electrons. The van der Waals surface area contributed by atoms with E-state index in [0.29, 0.717) is 0 Å².